The summed E-state index contributed by atoms with van der Waals surface area (Å²) in [6.07, 6.45) is 2.21. The van der Waals surface area contributed by atoms with Crippen molar-refractivity contribution in [1.82, 2.24) is 0 Å². The normalized spacial score (nSPS) is 22.9. The number of fused-ring (bicyclic) bond motifs is 1. The van der Waals surface area contributed by atoms with Crippen LogP contribution in [-0.2, 0) is 14.6 Å². The molecule has 2 aromatic rings. The molecule has 2 aliphatic rings. The van der Waals surface area contributed by atoms with Gasteiger partial charge in [-0.2, -0.15) is 0 Å². The van der Waals surface area contributed by atoms with Crippen LogP contribution in [0.2, 0.25) is 0 Å². The van der Waals surface area contributed by atoms with Crippen LogP contribution < -0.4 is 5.32 Å². The predicted molar refractivity (Wildman–Crippen MR) is 88.5 cm³/mol. The van der Waals surface area contributed by atoms with E-state index in [1.807, 2.05) is 6.07 Å². The van der Waals surface area contributed by atoms with Crippen LogP contribution in [0, 0.1) is 11.7 Å². The highest BCUT2D eigenvalue weighted by atomic mass is 32.2. The Hall–Kier alpha value is -2.47. The average molecular weight is 343 g/mol. The second kappa shape index (κ2) is 5.27. The van der Waals surface area contributed by atoms with Crippen LogP contribution >= 0.6 is 0 Å². The minimum atomic E-state index is -3.40. The number of sulfone groups is 1. The fraction of sp³-hybridized carbons (Fsp3) is 0.167. The van der Waals surface area contributed by atoms with E-state index in [1.54, 1.807) is 18.2 Å². The van der Waals surface area contributed by atoms with E-state index in [9.17, 15) is 17.6 Å². The van der Waals surface area contributed by atoms with Gasteiger partial charge >= 0.3 is 0 Å². The first-order chi connectivity index (χ1) is 11.4. The van der Waals surface area contributed by atoms with Crippen molar-refractivity contribution in [2.45, 2.75) is 17.2 Å². The molecule has 2 aromatic carbocycles. The highest BCUT2D eigenvalue weighted by Gasteiger charge is 2.44. The molecule has 1 amide bonds. The lowest BCUT2D eigenvalue weighted by atomic mass is 10.1. The molecular weight excluding hydrogens is 329 g/mol. The predicted octanol–water partition coefficient (Wildman–Crippen LogP) is 3.33. The van der Waals surface area contributed by atoms with Gasteiger partial charge in [0.2, 0.25) is 15.7 Å². The number of carbonyl (C=O) groups is 1. The lowest BCUT2D eigenvalue weighted by Gasteiger charge is -2.07. The van der Waals surface area contributed by atoms with Gasteiger partial charge in [-0.05, 0) is 53.8 Å². The summed E-state index contributed by atoms with van der Waals surface area (Å²) in [7, 11) is -3.40. The molecule has 0 bridgehead atoms. The van der Waals surface area contributed by atoms with Crippen LogP contribution in [0.3, 0.4) is 0 Å². The lowest BCUT2D eigenvalue weighted by molar-refractivity contribution is -0.117. The van der Waals surface area contributed by atoms with Gasteiger partial charge < -0.3 is 5.32 Å². The van der Waals surface area contributed by atoms with Gasteiger partial charge in [0.05, 0.1) is 4.90 Å². The molecule has 2 atom stereocenters. The molecule has 1 aliphatic heterocycles. The minimum Gasteiger partial charge on any atom is -0.326 e. The van der Waals surface area contributed by atoms with Crippen LogP contribution in [0.4, 0.5) is 10.1 Å². The zero-order chi connectivity index (χ0) is 16.9. The number of anilines is 1. The molecule has 0 saturated heterocycles. The second-order valence-electron chi connectivity index (χ2n) is 6.09. The Balaban J connectivity index is 1.49. The first kappa shape index (κ1) is 15.1. The standard InChI is InChI=1S/C18H14FNO3S/c19-13-3-1-2-12(8-13)15-10-16(15)18(21)20-14-5-4-11-6-7-24(22,23)17(11)9-14/h1-9,15-16H,10H2,(H,20,21). The van der Waals surface area contributed by atoms with Gasteiger partial charge in [0.25, 0.3) is 0 Å². The number of amides is 1. The van der Waals surface area contributed by atoms with Crippen LogP contribution in [0.25, 0.3) is 6.08 Å². The number of benzene rings is 2. The highest BCUT2D eigenvalue weighted by molar-refractivity contribution is 7.94. The number of halogens is 1. The fourth-order valence-corrected chi connectivity index (χ4v) is 4.29. The summed E-state index contributed by atoms with van der Waals surface area (Å²) in [6, 6.07) is 11.1. The van der Waals surface area contributed by atoms with E-state index in [1.165, 1.54) is 24.3 Å². The zero-order valence-corrected chi connectivity index (χ0v) is 13.4. The summed E-state index contributed by atoms with van der Waals surface area (Å²) in [6.45, 7) is 0. The van der Waals surface area contributed by atoms with Crippen LogP contribution in [0.15, 0.2) is 52.8 Å². The van der Waals surface area contributed by atoms with Crippen molar-refractivity contribution in [1.29, 1.82) is 0 Å². The van der Waals surface area contributed by atoms with E-state index in [0.717, 1.165) is 11.0 Å². The van der Waals surface area contributed by atoms with Gasteiger partial charge in [0.1, 0.15) is 5.82 Å². The Morgan fingerprint density at radius 3 is 2.79 bits per heavy atom. The van der Waals surface area contributed by atoms with Crippen molar-refractivity contribution in [2.24, 2.45) is 5.92 Å². The molecule has 6 heteroatoms. The zero-order valence-electron chi connectivity index (χ0n) is 12.6. The average Bonchev–Trinajstić information content (AvgIpc) is 3.29. The van der Waals surface area contributed by atoms with Crippen LogP contribution in [0.5, 0.6) is 0 Å². The molecule has 2 unspecified atom stereocenters. The van der Waals surface area contributed by atoms with Crippen molar-refractivity contribution in [3.05, 3.63) is 64.8 Å². The molecule has 1 aliphatic carbocycles. The maximum absolute atomic E-state index is 13.3. The first-order valence-corrected chi connectivity index (χ1v) is 9.12. The number of carbonyl (C=O) groups excluding carboxylic acids is 1. The maximum Gasteiger partial charge on any atom is 0.228 e. The van der Waals surface area contributed by atoms with Gasteiger partial charge in [0.15, 0.2) is 0 Å². The molecule has 1 fully saturated rings. The number of hydrogen-bond donors (Lipinski definition) is 1. The lowest BCUT2D eigenvalue weighted by Crippen LogP contribution is -2.15. The molecule has 1 saturated carbocycles. The summed E-state index contributed by atoms with van der Waals surface area (Å²) in [5.41, 5.74) is 1.89. The van der Waals surface area contributed by atoms with Crippen molar-refractivity contribution in [2.75, 3.05) is 5.32 Å². The Morgan fingerprint density at radius 2 is 2.00 bits per heavy atom. The first-order valence-electron chi connectivity index (χ1n) is 7.57. The minimum absolute atomic E-state index is 0.0144. The van der Waals surface area contributed by atoms with Gasteiger partial charge in [0, 0.05) is 17.0 Å². The number of hydrogen-bond acceptors (Lipinski definition) is 3. The van der Waals surface area contributed by atoms with E-state index in [0.29, 0.717) is 17.7 Å². The summed E-state index contributed by atoms with van der Waals surface area (Å²) >= 11 is 0. The fourth-order valence-electron chi connectivity index (χ4n) is 3.06. The summed E-state index contributed by atoms with van der Waals surface area (Å²) in [5.74, 6) is -0.683. The second-order valence-corrected chi connectivity index (χ2v) is 7.90. The van der Waals surface area contributed by atoms with Gasteiger partial charge in [-0.25, -0.2) is 12.8 Å². The third kappa shape index (κ3) is 2.63. The third-order valence-corrected chi connectivity index (χ3v) is 5.88. The van der Waals surface area contributed by atoms with Crippen LogP contribution in [-0.4, -0.2) is 14.3 Å². The van der Waals surface area contributed by atoms with Crippen molar-refractivity contribution in [3.63, 3.8) is 0 Å². The molecular formula is C18H14FNO3S. The van der Waals surface area contributed by atoms with Crippen molar-refractivity contribution in [3.8, 4) is 0 Å². The van der Waals surface area contributed by atoms with Gasteiger partial charge in [-0.3, -0.25) is 4.79 Å². The smallest absolute Gasteiger partial charge is 0.228 e. The Bertz CT molecular complexity index is 982. The van der Waals surface area contributed by atoms with Crippen molar-refractivity contribution < 1.29 is 17.6 Å². The molecule has 1 N–H and O–H groups in total. The van der Waals surface area contributed by atoms with E-state index >= 15 is 0 Å². The third-order valence-electron chi connectivity index (χ3n) is 4.42. The molecule has 4 rings (SSSR count). The van der Waals surface area contributed by atoms with E-state index < -0.39 is 9.84 Å². The van der Waals surface area contributed by atoms with E-state index in [2.05, 4.69) is 5.32 Å². The number of nitrogens with one attached hydrogen (secondary N) is 1. The number of rotatable bonds is 3. The van der Waals surface area contributed by atoms with Gasteiger partial charge in [-0.1, -0.05) is 18.2 Å². The molecule has 122 valence electrons. The van der Waals surface area contributed by atoms with Gasteiger partial charge in [-0.15, -0.1) is 0 Å². The Morgan fingerprint density at radius 1 is 1.17 bits per heavy atom. The molecule has 0 radical (unpaired) electrons. The summed E-state index contributed by atoms with van der Waals surface area (Å²) in [5, 5.41) is 3.92. The Labute approximate surface area is 138 Å². The topological polar surface area (TPSA) is 63.2 Å². The molecule has 0 aromatic heterocycles. The molecule has 24 heavy (non-hydrogen) atoms. The highest BCUT2D eigenvalue weighted by Crippen LogP contribution is 2.48. The summed E-state index contributed by atoms with van der Waals surface area (Å²) < 4.78 is 37.0. The van der Waals surface area contributed by atoms with E-state index in [-0.39, 0.29) is 28.5 Å². The Kier molecular flexibility index (Phi) is 3.31. The monoisotopic (exact) mass is 343 g/mol. The largest absolute Gasteiger partial charge is 0.326 e. The quantitative estimate of drug-likeness (QED) is 0.930. The van der Waals surface area contributed by atoms with Crippen molar-refractivity contribution >= 4 is 27.5 Å². The maximum atomic E-state index is 13.3. The molecule has 4 nitrogen and oxygen atoms in total. The molecule has 0 spiro atoms. The SMILES string of the molecule is O=C(Nc1ccc2c(c1)S(=O)(=O)C=C2)C1CC1c1cccc(F)c1. The molecule has 1 heterocycles. The van der Waals surface area contributed by atoms with E-state index in [4.69, 9.17) is 0 Å². The van der Waals surface area contributed by atoms with Crippen LogP contribution in [0.1, 0.15) is 23.5 Å². The summed E-state index contributed by atoms with van der Waals surface area (Å²) in [4.78, 5) is 12.5.